The van der Waals surface area contributed by atoms with Crippen molar-refractivity contribution < 1.29 is 14.7 Å². The zero-order valence-corrected chi connectivity index (χ0v) is 9.06. The van der Waals surface area contributed by atoms with Crippen molar-refractivity contribution in [3.63, 3.8) is 0 Å². The van der Waals surface area contributed by atoms with Gasteiger partial charge in [-0.05, 0) is 23.6 Å². The fourth-order valence-electron chi connectivity index (χ4n) is 2.04. The van der Waals surface area contributed by atoms with Crippen molar-refractivity contribution in [3.8, 4) is 0 Å². The summed E-state index contributed by atoms with van der Waals surface area (Å²) in [5.41, 5.74) is 2.72. The van der Waals surface area contributed by atoms with E-state index in [1.165, 1.54) is 6.92 Å². The molecule has 2 rings (SSSR count). The molecule has 1 heterocycles. The van der Waals surface area contributed by atoms with Gasteiger partial charge in [0.15, 0.2) is 0 Å². The second kappa shape index (κ2) is 3.96. The Morgan fingerprint density at radius 1 is 1.44 bits per heavy atom. The Hall–Kier alpha value is -1.84. The number of hydrogen-bond donors (Lipinski definition) is 1. The van der Waals surface area contributed by atoms with E-state index in [9.17, 15) is 9.59 Å². The van der Waals surface area contributed by atoms with Crippen molar-refractivity contribution >= 4 is 17.6 Å². The van der Waals surface area contributed by atoms with Crippen LogP contribution < -0.4 is 4.90 Å². The zero-order valence-electron chi connectivity index (χ0n) is 9.06. The maximum absolute atomic E-state index is 11.4. The Kier molecular flexibility index (Phi) is 2.64. The average Bonchev–Trinajstić information content (AvgIpc) is 2.59. The van der Waals surface area contributed by atoms with E-state index >= 15 is 0 Å². The Morgan fingerprint density at radius 2 is 2.19 bits per heavy atom. The first-order valence-corrected chi connectivity index (χ1v) is 5.19. The summed E-state index contributed by atoms with van der Waals surface area (Å²) in [5, 5.41) is 8.71. The van der Waals surface area contributed by atoms with Crippen LogP contribution in [0, 0.1) is 0 Å². The van der Waals surface area contributed by atoms with Crippen LogP contribution in [-0.4, -0.2) is 23.5 Å². The molecule has 4 heteroatoms. The van der Waals surface area contributed by atoms with Crippen LogP contribution in [0.4, 0.5) is 5.69 Å². The highest BCUT2D eigenvalue weighted by atomic mass is 16.4. The standard InChI is InChI=1S/C12H13NO3/c1-8(14)13-5-4-10-3-2-9(6-11(10)13)7-12(15)16/h2-3,6H,4-5,7H2,1H3,(H,15,16). The molecule has 1 aliphatic rings. The summed E-state index contributed by atoms with van der Waals surface area (Å²) in [6.07, 6.45) is 0.849. The smallest absolute Gasteiger partial charge is 0.307 e. The summed E-state index contributed by atoms with van der Waals surface area (Å²) < 4.78 is 0. The predicted molar refractivity (Wildman–Crippen MR) is 59.5 cm³/mol. The number of carboxylic acid groups (broad SMARTS) is 1. The molecule has 1 N–H and O–H groups in total. The molecule has 0 atom stereocenters. The monoisotopic (exact) mass is 219 g/mol. The van der Waals surface area contributed by atoms with Crippen molar-refractivity contribution in [2.45, 2.75) is 19.8 Å². The Labute approximate surface area is 93.5 Å². The molecule has 0 radical (unpaired) electrons. The molecule has 0 spiro atoms. The molecule has 1 amide bonds. The molecule has 16 heavy (non-hydrogen) atoms. The van der Waals surface area contributed by atoms with E-state index in [1.807, 2.05) is 12.1 Å². The van der Waals surface area contributed by atoms with Crippen molar-refractivity contribution in [3.05, 3.63) is 29.3 Å². The highest BCUT2D eigenvalue weighted by molar-refractivity contribution is 5.94. The number of rotatable bonds is 2. The molecule has 0 saturated heterocycles. The first kappa shape index (κ1) is 10.7. The Morgan fingerprint density at radius 3 is 2.81 bits per heavy atom. The molecule has 1 aromatic carbocycles. The number of fused-ring (bicyclic) bond motifs is 1. The number of hydrogen-bond acceptors (Lipinski definition) is 2. The van der Waals surface area contributed by atoms with Crippen molar-refractivity contribution in [2.24, 2.45) is 0 Å². The summed E-state index contributed by atoms with van der Waals surface area (Å²) in [6, 6.07) is 5.53. The van der Waals surface area contributed by atoms with Gasteiger partial charge < -0.3 is 10.0 Å². The fraction of sp³-hybridized carbons (Fsp3) is 0.333. The lowest BCUT2D eigenvalue weighted by atomic mass is 10.1. The van der Waals surface area contributed by atoms with Gasteiger partial charge in [-0.2, -0.15) is 0 Å². The van der Waals surface area contributed by atoms with Crippen LogP contribution in [0.15, 0.2) is 18.2 Å². The molecular weight excluding hydrogens is 206 g/mol. The van der Waals surface area contributed by atoms with Gasteiger partial charge >= 0.3 is 5.97 Å². The third kappa shape index (κ3) is 1.91. The topological polar surface area (TPSA) is 57.6 Å². The largest absolute Gasteiger partial charge is 0.481 e. The maximum atomic E-state index is 11.4. The second-order valence-corrected chi connectivity index (χ2v) is 3.95. The van der Waals surface area contributed by atoms with Crippen LogP contribution in [0.25, 0.3) is 0 Å². The van der Waals surface area contributed by atoms with Gasteiger partial charge in [-0.15, -0.1) is 0 Å². The minimum absolute atomic E-state index is 0.000967. The summed E-state index contributed by atoms with van der Waals surface area (Å²) >= 11 is 0. The van der Waals surface area contributed by atoms with Crippen molar-refractivity contribution in [2.75, 3.05) is 11.4 Å². The van der Waals surface area contributed by atoms with E-state index in [4.69, 9.17) is 5.11 Å². The molecule has 0 saturated carbocycles. The molecule has 0 bridgehead atoms. The van der Waals surface area contributed by atoms with Crippen LogP contribution in [0.1, 0.15) is 18.1 Å². The van der Waals surface area contributed by atoms with E-state index in [1.54, 1.807) is 11.0 Å². The number of carboxylic acids is 1. The van der Waals surface area contributed by atoms with Crippen LogP contribution in [0.5, 0.6) is 0 Å². The van der Waals surface area contributed by atoms with Gasteiger partial charge in [0, 0.05) is 19.2 Å². The molecule has 0 aliphatic carbocycles. The summed E-state index contributed by atoms with van der Waals surface area (Å²) in [4.78, 5) is 23.7. The van der Waals surface area contributed by atoms with E-state index in [0.29, 0.717) is 6.54 Å². The quantitative estimate of drug-likeness (QED) is 0.813. The highest BCUT2D eigenvalue weighted by Crippen LogP contribution is 2.29. The molecule has 4 nitrogen and oxygen atoms in total. The van der Waals surface area contributed by atoms with E-state index < -0.39 is 5.97 Å². The summed E-state index contributed by atoms with van der Waals surface area (Å²) in [7, 11) is 0. The lowest BCUT2D eigenvalue weighted by Crippen LogP contribution is -2.25. The normalized spacial score (nSPS) is 13.7. The lowest BCUT2D eigenvalue weighted by Gasteiger charge is -2.15. The van der Waals surface area contributed by atoms with Gasteiger partial charge in [-0.3, -0.25) is 9.59 Å². The lowest BCUT2D eigenvalue weighted by molar-refractivity contribution is -0.136. The fourth-order valence-corrected chi connectivity index (χ4v) is 2.04. The first-order chi connectivity index (χ1) is 7.58. The zero-order chi connectivity index (χ0) is 11.7. The summed E-state index contributed by atoms with van der Waals surface area (Å²) in [5.74, 6) is -0.849. The van der Waals surface area contributed by atoms with Gasteiger partial charge in [0.2, 0.25) is 5.91 Å². The number of nitrogens with zero attached hydrogens (tertiary/aromatic N) is 1. The maximum Gasteiger partial charge on any atom is 0.307 e. The van der Waals surface area contributed by atoms with Gasteiger partial charge in [0.25, 0.3) is 0 Å². The number of anilines is 1. The van der Waals surface area contributed by atoms with Gasteiger partial charge in [-0.1, -0.05) is 12.1 Å². The van der Waals surface area contributed by atoms with Crippen LogP contribution in [-0.2, 0) is 22.4 Å². The van der Waals surface area contributed by atoms with Crippen LogP contribution >= 0.6 is 0 Å². The SMILES string of the molecule is CC(=O)N1CCc2ccc(CC(=O)O)cc21. The third-order valence-corrected chi connectivity index (χ3v) is 2.78. The number of benzene rings is 1. The van der Waals surface area contributed by atoms with Gasteiger partial charge in [-0.25, -0.2) is 0 Å². The van der Waals surface area contributed by atoms with E-state index in [2.05, 4.69) is 0 Å². The number of carbonyl (C=O) groups excluding carboxylic acids is 1. The van der Waals surface area contributed by atoms with Crippen molar-refractivity contribution in [1.82, 2.24) is 0 Å². The molecular formula is C12H13NO3. The van der Waals surface area contributed by atoms with E-state index in [-0.39, 0.29) is 12.3 Å². The van der Waals surface area contributed by atoms with Crippen molar-refractivity contribution in [1.29, 1.82) is 0 Å². The van der Waals surface area contributed by atoms with Gasteiger partial charge in [0.05, 0.1) is 6.42 Å². The van der Waals surface area contributed by atoms with E-state index in [0.717, 1.165) is 23.2 Å². The van der Waals surface area contributed by atoms with Gasteiger partial charge in [0.1, 0.15) is 0 Å². The molecule has 0 fully saturated rings. The second-order valence-electron chi connectivity index (χ2n) is 3.95. The molecule has 1 aromatic rings. The number of aliphatic carboxylic acids is 1. The molecule has 1 aliphatic heterocycles. The molecule has 0 unspecified atom stereocenters. The first-order valence-electron chi connectivity index (χ1n) is 5.19. The Balaban J connectivity index is 2.33. The highest BCUT2D eigenvalue weighted by Gasteiger charge is 2.22. The molecule has 84 valence electrons. The number of amides is 1. The van der Waals surface area contributed by atoms with Crippen LogP contribution in [0.2, 0.25) is 0 Å². The Bertz CT molecular complexity index is 454. The van der Waals surface area contributed by atoms with Crippen LogP contribution in [0.3, 0.4) is 0 Å². The minimum Gasteiger partial charge on any atom is -0.481 e. The summed E-state index contributed by atoms with van der Waals surface area (Å²) in [6.45, 7) is 2.22. The average molecular weight is 219 g/mol. The third-order valence-electron chi connectivity index (χ3n) is 2.78. The number of carbonyl (C=O) groups is 2. The minimum atomic E-state index is -0.854. The predicted octanol–water partition coefficient (Wildman–Crippen LogP) is 1.22. The molecule has 0 aromatic heterocycles.